The van der Waals surface area contributed by atoms with Crippen molar-refractivity contribution in [2.45, 2.75) is 45.7 Å². The Morgan fingerprint density at radius 2 is 2.12 bits per heavy atom. The third-order valence-corrected chi connectivity index (χ3v) is 4.18. The van der Waals surface area contributed by atoms with Crippen LogP contribution in [0.3, 0.4) is 0 Å². The topological polar surface area (TPSA) is 55.6 Å². The van der Waals surface area contributed by atoms with Crippen molar-refractivity contribution >= 4 is 5.97 Å². The molecule has 0 spiro atoms. The summed E-state index contributed by atoms with van der Waals surface area (Å²) in [7, 11) is 1.45. The predicted molar refractivity (Wildman–Crippen MR) is 68.6 cm³/mol. The number of hydrogen-bond donors (Lipinski definition) is 1. The number of methoxy groups -OCH3 is 1. The van der Waals surface area contributed by atoms with E-state index in [1.165, 1.54) is 20.0 Å². The van der Waals surface area contributed by atoms with Gasteiger partial charge in [0.15, 0.2) is 0 Å². The van der Waals surface area contributed by atoms with Gasteiger partial charge in [-0.3, -0.25) is 9.69 Å². The van der Waals surface area contributed by atoms with Crippen molar-refractivity contribution in [1.29, 1.82) is 0 Å². The van der Waals surface area contributed by atoms with Crippen LogP contribution in [0.2, 0.25) is 0 Å². The molecule has 1 heterocycles. The molecule has 4 nitrogen and oxygen atoms in total. The maximum atomic E-state index is 11.6. The SMILES string of the molecule is COC(=O)C(C)C(C)N1CC(CN)CCC1C. The second-order valence-electron chi connectivity index (χ2n) is 5.28. The Morgan fingerprint density at radius 3 is 2.65 bits per heavy atom. The Morgan fingerprint density at radius 1 is 1.47 bits per heavy atom. The normalized spacial score (nSPS) is 29.7. The van der Waals surface area contributed by atoms with Gasteiger partial charge >= 0.3 is 5.97 Å². The van der Waals surface area contributed by atoms with Crippen LogP contribution in [0.1, 0.15) is 33.6 Å². The molecule has 0 radical (unpaired) electrons. The Hall–Kier alpha value is -0.610. The Balaban J connectivity index is 2.65. The Bertz CT molecular complexity index is 258. The zero-order chi connectivity index (χ0) is 13.0. The molecule has 0 aliphatic carbocycles. The van der Waals surface area contributed by atoms with Crippen molar-refractivity contribution in [2.75, 3.05) is 20.2 Å². The molecule has 1 saturated heterocycles. The highest BCUT2D eigenvalue weighted by Crippen LogP contribution is 2.26. The summed E-state index contributed by atoms with van der Waals surface area (Å²) in [6.07, 6.45) is 2.37. The number of piperidine rings is 1. The molecule has 2 N–H and O–H groups in total. The molecule has 0 aromatic carbocycles. The molecule has 4 unspecified atom stereocenters. The first-order valence-corrected chi connectivity index (χ1v) is 6.54. The van der Waals surface area contributed by atoms with E-state index in [2.05, 4.69) is 18.7 Å². The summed E-state index contributed by atoms with van der Waals surface area (Å²) in [5.74, 6) is 0.358. The van der Waals surface area contributed by atoms with Crippen LogP contribution in [0.15, 0.2) is 0 Å². The lowest BCUT2D eigenvalue weighted by atomic mass is 9.90. The van der Waals surface area contributed by atoms with Gasteiger partial charge in [0, 0.05) is 18.6 Å². The smallest absolute Gasteiger partial charge is 0.309 e. The van der Waals surface area contributed by atoms with Gasteiger partial charge in [0.1, 0.15) is 0 Å². The molecule has 0 aromatic heterocycles. The summed E-state index contributed by atoms with van der Waals surface area (Å²) >= 11 is 0. The molecular formula is C13H26N2O2. The van der Waals surface area contributed by atoms with E-state index >= 15 is 0 Å². The fourth-order valence-electron chi connectivity index (χ4n) is 2.64. The molecule has 0 bridgehead atoms. The number of likely N-dealkylation sites (tertiary alicyclic amines) is 1. The van der Waals surface area contributed by atoms with Crippen molar-refractivity contribution < 1.29 is 9.53 Å². The van der Waals surface area contributed by atoms with Gasteiger partial charge in [0.05, 0.1) is 13.0 Å². The molecule has 17 heavy (non-hydrogen) atoms. The lowest BCUT2D eigenvalue weighted by Crippen LogP contribution is -2.51. The first-order chi connectivity index (χ1) is 8.01. The highest BCUT2D eigenvalue weighted by Gasteiger charge is 2.33. The van der Waals surface area contributed by atoms with Crippen LogP contribution < -0.4 is 5.73 Å². The summed E-state index contributed by atoms with van der Waals surface area (Å²) in [5.41, 5.74) is 5.75. The van der Waals surface area contributed by atoms with Crippen LogP contribution in [-0.2, 0) is 9.53 Å². The summed E-state index contributed by atoms with van der Waals surface area (Å²) in [6.45, 7) is 8.02. The number of esters is 1. The highest BCUT2D eigenvalue weighted by atomic mass is 16.5. The molecule has 1 rings (SSSR count). The van der Waals surface area contributed by atoms with Gasteiger partial charge in [-0.1, -0.05) is 6.92 Å². The van der Waals surface area contributed by atoms with Gasteiger partial charge in [-0.25, -0.2) is 0 Å². The average molecular weight is 242 g/mol. The molecule has 0 amide bonds. The predicted octanol–water partition coefficient (Wildman–Crippen LogP) is 1.24. The van der Waals surface area contributed by atoms with Gasteiger partial charge < -0.3 is 10.5 Å². The van der Waals surface area contributed by atoms with E-state index in [0.29, 0.717) is 12.0 Å². The maximum Gasteiger partial charge on any atom is 0.309 e. The number of carbonyl (C=O) groups excluding carboxylic acids is 1. The van der Waals surface area contributed by atoms with Crippen molar-refractivity contribution in [1.82, 2.24) is 4.90 Å². The van der Waals surface area contributed by atoms with Crippen molar-refractivity contribution in [2.24, 2.45) is 17.6 Å². The number of carbonyl (C=O) groups is 1. The Kier molecular flexibility index (Phi) is 5.40. The molecular weight excluding hydrogens is 216 g/mol. The third kappa shape index (κ3) is 3.42. The number of nitrogens with zero attached hydrogens (tertiary/aromatic N) is 1. The van der Waals surface area contributed by atoms with Gasteiger partial charge in [-0.05, 0) is 39.2 Å². The monoisotopic (exact) mass is 242 g/mol. The first-order valence-electron chi connectivity index (χ1n) is 6.54. The fourth-order valence-corrected chi connectivity index (χ4v) is 2.64. The van der Waals surface area contributed by atoms with Crippen molar-refractivity contribution in [3.05, 3.63) is 0 Å². The molecule has 1 aliphatic heterocycles. The van der Waals surface area contributed by atoms with Gasteiger partial charge in [-0.2, -0.15) is 0 Å². The summed E-state index contributed by atoms with van der Waals surface area (Å²) < 4.78 is 4.82. The van der Waals surface area contributed by atoms with Crippen LogP contribution in [0.5, 0.6) is 0 Å². The third-order valence-electron chi connectivity index (χ3n) is 4.18. The average Bonchev–Trinajstić information content (AvgIpc) is 2.36. The second kappa shape index (κ2) is 6.36. The molecule has 100 valence electrons. The van der Waals surface area contributed by atoms with Crippen LogP contribution >= 0.6 is 0 Å². The van der Waals surface area contributed by atoms with Crippen LogP contribution in [-0.4, -0.2) is 43.2 Å². The van der Waals surface area contributed by atoms with E-state index in [1.54, 1.807) is 0 Å². The molecule has 0 aromatic rings. The quantitative estimate of drug-likeness (QED) is 0.754. The summed E-state index contributed by atoms with van der Waals surface area (Å²) in [6, 6.07) is 0.742. The zero-order valence-corrected chi connectivity index (χ0v) is 11.5. The first kappa shape index (κ1) is 14.5. The lowest BCUT2D eigenvalue weighted by molar-refractivity contribution is -0.147. The standard InChI is InChI=1S/C13H26N2O2/c1-9-5-6-12(7-14)8-15(9)11(3)10(2)13(16)17-4/h9-12H,5-8,14H2,1-4H3. The minimum atomic E-state index is -0.125. The van der Waals surface area contributed by atoms with Crippen LogP contribution in [0.4, 0.5) is 0 Å². The molecule has 0 saturated carbocycles. The van der Waals surface area contributed by atoms with Crippen molar-refractivity contribution in [3.63, 3.8) is 0 Å². The van der Waals surface area contributed by atoms with Crippen molar-refractivity contribution in [3.8, 4) is 0 Å². The number of nitrogens with two attached hydrogens (primary N) is 1. The van der Waals surface area contributed by atoms with Crippen LogP contribution in [0, 0.1) is 11.8 Å². The van der Waals surface area contributed by atoms with E-state index in [-0.39, 0.29) is 17.9 Å². The maximum absolute atomic E-state index is 11.6. The minimum absolute atomic E-state index is 0.0843. The molecule has 4 atom stereocenters. The summed E-state index contributed by atoms with van der Waals surface area (Å²) in [4.78, 5) is 14.0. The van der Waals surface area contributed by atoms with Gasteiger partial charge in [0.25, 0.3) is 0 Å². The van der Waals surface area contributed by atoms with E-state index in [0.717, 1.165) is 13.1 Å². The second-order valence-corrected chi connectivity index (χ2v) is 5.28. The van der Waals surface area contributed by atoms with E-state index in [4.69, 9.17) is 10.5 Å². The van der Waals surface area contributed by atoms with Gasteiger partial charge in [0.2, 0.25) is 0 Å². The number of rotatable bonds is 4. The number of hydrogen-bond acceptors (Lipinski definition) is 4. The fraction of sp³-hybridized carbons (Fsp3) is 0.923. The molecule has 1 fully saturated rings. The summed E-state index contributed by atoms with van der Waals surface area (Å²) in [5, 5.41) is 0. The lowest BCUT2D eigenvalue weighted by Gasteiger charge is -2.42. The zero-order valence-electron chi connectivity index (χ0n) is 11.5. The molecule has 1 aliphatic rings. The molecule has 4 heteroatoms. The van der Waals surface area contributed by atoms with E-state index in [1.807, 2.05) is 6.92 Å². The van der Waals surface area contributed by atoms with Gasteiger partial charge in [-0.15, -0.1) is 0 Å². The minimum Gasteiger partial charge on any atom is -0.469 e. The van der Waals surface area contributed by atoms with E-state index < -0.39 is 0 Å². The highest BCUT2D eigenvalue weighted by molar-refractivity contribution is 5.72. The van der Waals surface area contributed by atoms with Crippen LogP contribution in [0.25, 0.3) is 0 Å². The largest absolute Gasteiger partial charge is 0.469 e. The Labute approximate surface area is 104 Å². The van der Waals surface area contributed by atoms with E-state index in [9.17, 15) is 4.79 Å². The number of ether oxygens (including phenoxy) is 1.